The average molecular weight is 300 g/mol. The van der Waals surface area contributed by atoms with Crippen LogP contribution in [0.15, 0.2) is 24.3 Å². The molecule has 0 spiro atoms. The third kappa shape index (κ3) is 3.92. The quantitative estimate of drug-likeness (QED) is 0.798. The maximum absolute atomic E-state index is 11.1. The molecule has 0 bridgehead atoms. The maximum Gasteiger partial charge on any atom is 0.208 e. The van der Waals surface area contributed by atoms with E-state index in [2.05, 4.69) is 4.72 Å². The zero-order chi connectivity index (χ0) is 14.6. The van der Waals surface area contributed by atoms with Crippen molar-refractivity contribution in [2.75, 3.05) is 39.1 Å². The smallest absolute Gasteiger partial charge is 0.208 e. The molecule has 112 valence electrons. The van der Waals surface area contributed by atoms with Gasteiger partial charge in [0.25, 0.3) is 0 Å². The molecule has 0 fully saturated rings. The standard InChI is InChI=1S/C13H20N2O4S/c1-20(17,18)14-6-7-15-8-9-19-13-5-3-2-4-11(13)12(15)10-16/h2-5,12,14,16H,6-10H2,1H3/t12-/m0/s1. The van der Waals surface area contributed by atoms with Crippen LogP contribution in [0.2, 0.25) is 0 Å². The number of ether oxygens (including phenoxy) is 1. The molecule has 2 rings (SSSR count). The first kappa shape index (κ1) is 15.2. The number of aliphatic hydroxyl groups excluding tert-OH is 1. The molecule has 1 heterocycles. The Kier molecular flexibility index (Phi) is 4.98. The highest BCUT2D eigenvalue weighted by atomic mass is 32.2. The number of sulfonamides is 1. The largest absolute Gasteiger partial charge is 0.492 e. The lowest BCUT2D eigenvalue weighted by atomic mass is 10.1. The highest BCUT2D eigenvalue weighted by molar-refractivity contribution is 7.88. The van der Waals surface area contributed by atoms with Gasteiger partial charge in [-0.15, -0.1) is 0 Å². The number of aliphatic hydroxyl groups is 1. The Labute approximate surface area is 119 Å². The van der Waals surface area contributed by atoms with Crippen molar-refractivity contribution < 1.29 is 18.3 Å². The minimum absolute atomic E-state index is 0.0285. The van der Waals surface area contributed by atoms with Gasteiger partial charge in [0.15, 0.2) is 0 Å². The molecular weight excluding hydrogens is 280 g/mol. The molecule has 0 amide bonds. The molecule has 1 atom stereocenters. The number of nitrogens with one attached hydrogen (secondary N) is 1. The van der Waals surface area contributed by atoms with Crippen molar-refractivity contribution in [3.8, 4) is 5.75 Å². The highest BCUT2D eigenvalue weighted by Gasteiger charge is 2.25. The summed E-state index contributed by atoms with van der Waals surface area (Å²) in [6.45, 7) is 1.98. The maximum atomic E-state index is 11.1. The first-order valence-electron chi connectivity index (χ1n) is 6.52. The average Bonchev–Trinajstić information content (AvgIpc) is 2.56. The van der Waals surface area contributed by atoms with Gasteiger partial charge in [-0.05, 0) is 6.07 Å². The minimum atomic E-state index is -3.19. The molecule has 0 aliphatic carbocycles. The fourth-order valence-corrected chi connectivity index (χ4v) is 2.83. The van der Waals surface area contributed by atoms with Crippen LogP contribution in [-0.2, 0) is 10.0 Å². The Morgan fingerprint density at radius 2 is 2.20 bits per heavy atom. The summed E-state index contributed by atoms with van der Waals surface area (Å²) in [6, 6.07) is 7.45. The molecule has 20 heavy (non-hydrogen) atoms. The monoisotopic (exact) mass is 300 g/mol. The van der Waals surface area contributed by atoms with Crippen molar-refractivity contribution in [1.82, 2.24) is 9.62 Å². The normalized spacial score (nSPS) is 20.0. The molecular formula is C13H20N2O4S. The third-order valence-corrected chi connectivity index (χ3v) is 4.02. The van der Waals surface area contributed by atoms with Gasteiger partial charge in [-0.2, -0.15) is 0 Å². The number of hydrogen-bond donors (Lipinski definition) is 2. The van der Waals surface area contributed by atoms with Crippen molar-refractivity contribution >= 4 is 10.0 Å². The van der Waals surface area contributed by atoms with Gasteiger partial charge in [0, 0.05) is 25.2 Å². The SMILES string of the molecule is CS(=O)(=O)NCCN1CCOc2ccccc2[C@@H]1CO. The number of para-hydroxylation sites is 1. The van der Waals surface area contributed by atoms with Crippen LogP contribution < -0.4 is 9.46 Å². The summed E-state index contributed by atoms with van der Waals surface area (Å²) in [4.78, 5) is 2.03. The molecule has 0 aromatic heterocycles. The third-order valence-electron chi connectivity index (χ3n) is 3.29. The van der Waals surface area contributed by atoms with Gasteiger partial charge in [0.1, 0.15) is 12.4 Å². The van der Waals surface area contributed by atoms with E-state index in [1.165, 1.54) is 0 Å². The summed E-state index contributed by atoms with van der Waals surface area (Å²) in [7, 11) is -3.19. The van der Waals surface area contributed by atoms with E-state index in [1.807, 2.05) is 29.2 Å². The van der Waals surface area contributed by atoms with E-state index in [-0.39, 0.29) is 12.6 Å². The summed E-state index contributed by atoms with van der Waals surface area (Å²) in [5, 5.41) is 9.66. The van der Waals surface area contributed by atoms with E-state index in [1.54, 1.807) is 0 Å². The van der Waals surface area contributed by atoms with Gasteiger partial charge in [-0.25, -0.2) is 13.1 Å². The van der Waals surface area contributed by atoms with Gasteiger partial charge in [-0.1, -0.05) is 18.2 Å². The van der Waals surface area contributed by atoms with Crippen LogP contribution in [0.5, 0.6) is 5.75 Å². The summed E-state index contributed by atoms with van der Waals surface area (Å²) in [5.41, 5.74) is 0.937. The van der Waals surface area contributed by atoms with E-state index < -0.39 is 10.0 Å². The van der Waals surface area contributed by atoms with Crippen LogP contribution in [0.1, 0.15) is 11.6 Å². The van der Waals surface area contributed by atoms with E-state index in [0.717, 1.165) is 17.6 Å². The van der Waals surface area contributed by atoms with Crippen molar-refractivity contribution in [3.05, 3.63) is 29.8 Å². The molecule has 6 nitrogen and oxygen atoms in total. The number of nitrogens with zero attached hydrogens (tertiary/aromatic N) is 1. The molecule has 0 saturated heterocycles. The highest BCUT2D eigenvalue weighted by Crippen LogP contribution is 2.31. The Bertz CT molecular complexity index is 547. The second kappa shape index (κ2) is 6.53. The molecule has 0 radical (unpaired) electrons. The zero-order valence-corrected chi connectivity index (χ0v) is 12.3. The lowest BCUT2D eigenvalue weighted by molar-refractivity contribution is 0.122. The van der Waals surface area contributed by atoms with Crippen LogP contribution in [-0.4, -0.2) is 57.5 Å². The number of benzene rings is 1. The molecule has 7 heteroatoms. The summed E-state index contributed by atoms with van der Waals surface area (Å²) >= 11 is 0. The van der Waals surface area contributed by atoms with E-state index in [0.29, 0.717) is 26.2 Å². The topological polar surface area (TPSA) is 78.9 Å². The van der Waals surface area contributed by atoms with Crippen molar-refractivity contribution in [1.29, 1.82) is 0 Å². The minimum Gasteiger partial charge on any atom is -0.492 e. The van der Waals surface area contributed by atoms with Gasteiger partial charge < -0.3 is 9.84 Å². The molecule has 1 aliphatic rings. The second-order valence-electron chi connectivity index (χ2n) is 4.79. The Balaban J connectivity index is 2.09. The van der Waals surface area contributed by atoms with Gasteiger partial charge >= 0.3 is 0 Å². The predicted octanol–water partition coefficient (Wildman–Crippen LogP) is -0.0364. The number of hydrogen-bond acceptors (Lipinski definition) is 5. The van der Waals surface area contributed by atoms with Gasteiger partial charge in [0.05, 0.1) is 18.9 Å². The molecule has 0 unspecified atom stereocenters. The van der Waals surface area contributed by atoms with Gasteiger partial charge in [-0.3, -0.25) is 4.90 Å². The van der Waals surface area contributed by atoms with E-state index in [4.69, 9.17) is 4.74 Å². The molecule has 1 aromatic carbocycles. The summed E-state index contributed by atoms with van der Waals surface area (Å²) in [6.07, 6.45) is 1.14. The lowest BCUT2D eigenvalue weighted by Gasteiger charge is -2.28. The first-order chi connectivity index (χ1) is 9.51. The van der Waals surface area contributed by atoms with E-state index >= 15 is 0 Å². The second-order valence-corrected chi connectivity index (χ2v) is 6.62. The fourth-order valence-electron chi connectivity index (χ4n) is 2.37. The summed E-state index contributed by atoms with van der Waals surface area (Å²) in [5.74, 6) is 0.783. The first-order valence-corrected chi connectivity index (χ1v) is 8.41. The Hall–Kier alpha value is -1.15. The van der Waals surface area contributed by atoms with Crippen molar-refractivity contribution in [3.63, 3.8) is 0 Å². The van der Waals surface area contributed by atoms with Crippen LogP contribution in [0, 0.1) is 0 Å². The summed E-state index contributed by atoms with van der Waals surface area (Å²) < 4.78 is 30.3. The van der Waals surface area contributed by atoms with Crippen LogP contribution in [0.25, 0.3) is 0 Å². The molecule has 2 N–H and O–H groups in total. The molecule has 1 aromatic rings. The Morgan fingerprint density at radius 3 is 2.90 bits per heavy atom. The number of fused-ring (bicyclic) bond motifs is 1. The van der Waals surface area contributed by atoms with E-state index in [9.17, 15) is 13.5 Å². The van der Waals surface area contributed by atoms with Crippen LogP contribution in [0.4, 0.5) is 0 Å². The predicted molar refractivity (Wildman–Crippen MR) is 76.2 cm³/mol. The number of rotatable bonds is 5. The van der Waals surface area contributed by atoms with Crippen molar-refractivity contribution in [2.24, 2.45) is 0 Å². The lowest BCUT2D eigenvalue weighted by Crippen LogP contribution is -2.39. The Morgan fingerprint density at radius 1 is 1.45 bits per heavy atom. The molecule has 0 saturated carbocycles. The zero-order valence-electron chi connectivity index (χ0n) is 11.4. The van der Waals surface area contributed by atoms with Crippen LogP contribution >= 0.6 is 0 Å². The fraction of sp³-hybridized carbons (Fsp3) is 0.538. The van der Waals surface area contributed by atoms with Crippen LogP contribution in [0.3, 0.4) is 0 Å². The van der Waals surface area contributed by atoms with Gasteiger partial charge in [0.2, 0.25) is 10.0 Å². The van der Waals surface area contributed by atoms with Crippen molar-refractivity contribution in [2.45, 2.75) is 6.04 Å². The molecule has 1 aliphatic heterocycles.